The molecule has 1 aliphatic carbocycles. The first kappa shape index (κ1) is 10.6. The molecule has 1 aromatic heterocycles. The minimum atomic E-state index is 0.228. The zero-order valence-electron chi connectivity index (χ0n) is 9.02. The molecule has 1 unspecified atom stereocenters. The van der Waals surface area contributed by atoms with E-state index in [0.717, 1.165) is 5.69 Å². The maximum Gasteiger partial charge on any atom is 0.0660 e. The number of nitrogens with two attached hydrogens (primary N) is 1. The van der Waals surface area contributed by atoms with Crippen LogP contribution < -0.4 is 11.3 Å². The SMILES string of the molecule is NNC(c1ccccn1)C1CCCCC1. The van der Waals surface area contributed by atoms with Gasteiger partial charge >= 0.3 is 0 Å². The van der Waals surface area contributed by atoms with Gasteiger partial charge in [0.25, 0.3) is 0 Å². The van der Waals surface area contributed by atoms with Gasteiger partial charge in [0.05, 0.1) is 11.7 Å². The van der Waals surface area contributed by atoms with Crippen LogP contribution >= 0.6 is 0 Å². The number of nitrogens with one attached hydrogen (secondary N) is 1. The van der Waals surface area contributed by atoms with Gasteiger partial charge in [-0.3, -0.25) is 16.3 Å². The molecule has 15 heavy (non-hydrogen) atoms. The van der Waals surface area contributed by atoms with Gasteiger partial charge in [0, 0.05) is 6.20 Å². The Morgan fingerprint density at radius 1 is 1.27 bits per heavy atom. The van der Waals surface area contributed by atoms with E-state index >= 15 is 0 Å². The van der Waals surface area contributed by atoms with Gasteiger partial charge in [-0.05, 0) is 30.9 Å². The minimum absolute atomic E-state index is 0.228. The molecule has 0 aromatic carbocycles. The number of rotatable bonds is 3. The molecule has 1 fully saturated rings. The van der Waals surface area contributed by atoms with Crippen molar-refractivity contribution in [3.63, 3.8) is 0 Å². The van der Waals surface area contributed by atoms with Crippen LogP contribution in [0.5, 0.6) is 0 Å². The molecule has 1 atom stereocenters. The van der Waals surface area contributed by atoms with E-state index < -0.39 is 0 Å². The van der Waals surface area contributed by atoms with Crippen molar-refractivity contribution in [2.24, 2.45) is 11.8 Å². The van der Waals surface area contributed by atoms with Crippen LogP contribution in [0, 0.1) is 5.92 Å². The lowest BCUT2D eigenvalue weighted by Crippen LogP contribution is -2.35. The topological polar surface area (TPSA) is 50.9 Å². The summed E-state index contributed by atoms with van der Waals surface area (Å²) in [5, 5.41) is 0. The lowest BCUT2D eigenvalue weighted by atomic mass is 9.83. The Morgan fingerprint density at radius 3 is 2.67 bits per heavy atom. The van der Waals surface area contributed by atoms with Crippen LogP contribution in [-0.4, -0.2) is 4.98 Å². The monoisotopic (exact) mass is 205 g/mol. The fourth-order valence-corrected chi connectivity index (χ4v) is 2.49. The van der Waals surface area contributed by atoms with Crippen molar-refractivity contribution in [3.8, 4) is 0 Å². The summed E-state index contributed by atoms with van der Waals surface area (Å²) in [5.74, 6) is 6.30. The molecule has 0 bridgehead atoms. The van der Waals surface area contributed by atoms with E-state index in [0.29, 0.717) is 5.92 Å². The third-order valence-corrected chi connectivity index (χ3v) is 3.31. The van der Waals surface area contributed by atoms with Gasteiger partial charge in [0.15, 0.2) is 0 Å². The average molecular weight is 205 g/mol. The van der Waals surface area contributed by atoms with Crippen LogP contribution in [0.15, 0.2) is 24.4 Å². The first-order valence-electron chi connectivity index (χ1n) is 5.79. The first-order valence-corrected chi connectivity index (χ1v) is 5.79. The highest BCUT2D eigenvalue weighted by Crippen LogP contribution is 2.32. The van der Waals surface area contributed by atoms with E-state index in [1.807, 2.05) is 18.3 Å². The van der Waals surface area contributed by atoms with Crippen LogP contribution in [0.25, 0.3) is 0 Å². The molecule has 0 amide bonds. The summed E-state index contributed by atoms with van der Waals surface area (Å²) in [6.45, 7) is 0. The van der Waals surface area contributed by atoms with Crippen LogP contribution in [-0.2, 0) is 0 Å². The van der Waals surface area contributed by atoms with Crippen molar-refractivity contribution >= 4 is 0 Å². The fourth-order valence-electron chi connectivity index (χ4n) is 2.49. The molecule has 82 valence electrons. The molecule has 0 spiro atoms. The van der Waals surface area contributed by atoms with Crippen LogP contribution in [0.3, 0.4) is 0 Å². The third-order valence-electron chi connectivity index (χ3n) is 3.31. The highest BCUT2D eigenvalue weighted by molar-refractivity contribution is 5.09. The average Bonchev–Trinajstić information content (AvgIpc) is 2.33. The number of nitrogens with zero attached hydrogens (tertiary/aromatic N) is 1. The van der Waals surface area contributed by atoms with E-state index in [1.165, 1.54) is 32.1 Å². The summed E-state index contributed by atoms with van der Waals surface area (Å²) in [4.78, 5) is 4.38. The Labute approximate surface area is 91.1 Å². The minimum Gasteiger partial charge on any atom is -0.271 e. The lowest BCUT2D eigenvalue weighted by Gasteiger charge is -2.29. The Bertz CT molecular complexity index is 280. The predicted octanol–water partition coefficient (Wildman–Crippen LogP) is 2.17. The second-order valence-electron chi connectivity index (χ2n) is 4.30. The second kappa shape index (κ2) is 5.24. The van der Waals surface area contributed by atoms with Gasteiger partial charge < -0.3 is 0 Å². The van der Waals surface area contributed by atoms with E-state index in [4.69, 9.17) is 5.84 Å². The first-order chi connectivity index (χ1) is 7.42. The van der Waals surface area contributed by atoms with E-state index in [9.17, 15) is 0 Å². The molecule has 1 aromatic rings. The molecule has 2 rings (SSSR count). The molecular formula is C12H19N3. The van der Waals surface area contributed by atoms with Gasteiger partial charge in [-0.2, -0.15) is 0 Å². The summed E-state index contributed by atoms with van der Waals surface area (Å²) < 4.78 is 0. The summed E-state index contributed by atoms with van der Waals surface area (Å²) >= 11 is 0. The number of pyridine rings is 1. The summed E-state index contributed by atoms with van der Waals surface area (Å²) in [7, 11) is 0. The molecule has 1 aliphatic rings. The van der Waals surface area contributed by atoms with Crippen molar-refractivity contribution in [2.75, 3.05) is 0 Å². The van der Waals surface area contributed by atoms with E-state index in [1.54, 1.807) is 0 Å². The molecule has 3 heteroatoms. The van der Waals surface area contributed by atoms with Crippen LogP contribution in [0.2, 0.25) is 0 Å². The van der Waals surface area contributed by atoms with Gasteiger partial charge in [-0.15, -0.1) is 0 Å². The zero-order valence-corrected chi connectivity index (χ0v) is 9.02. The fraction of sp³-hybridized carbons (Fsp3) is 0.583. The predicted molar refractivity (Wildman–Crippen MR) is 60.9 cm³/mol. The molecular weight excluding hydrogens is 186 g/mol. The number of hydrogen-bond acceptors (Lipinski definition) is 3. The normalized spacial score (nSPS) is 20.1. The standard InChI is InChI=1S/C12H19N3/c13-15-12(10-6-2-1-3-7-10)11-8-4-5-9-14-11/h4-5,8-10,12,15H,1-3,6-7,13H2. The van der Waals surface area contributed by atoms with Crippen molar-refractivity contribution < 1.29 is 0 Å². The number of aromatic nitrogens is 1. The Balaban J connectivity index is 2.09. The number of hydrogen-bond donors (Lipinski definition) is 2. The van der Waals surface area contributed by atoms with Crippen molar-refractivity contribution in [3.05, 3.63) is 30.1 Å². The van der Waals surface area contributed by atoms with Crippen LogP contribution in [0.4, 0.5) is 0 Å². The highest BCUT2D eigenvalue weighted by atomic mass is 15.2. The maximum atomic E-state index is 5.65. The van der Waals surface area contributed by atoms with Crippen molar-refractivity contribution in [1.82, 2.24) is 10.4 Å². The molecule has 1 saturated carbocycles. The molecule has 3 nitrogen and oxygen atoms in total. The largest absolute Gasteiger partial charge is 0.271 e. The van der Waals surface area contributed by atoms with Gasteiger partial charge in [-0.1, -0.05) is 25.3 Å². The van der Waals surface area contributed by atoms with Crippen molar-refractivity contribution in [2.45, 2.75) is 38.1 Å². The molecule has 0 saturated heterocycles. The van der Waals surface area contributed by atoms with Gasteiger partial charge in [0.1, 0.15) is 0 Å². The molecule has 1 heterocycles. The zero-order chi connectivity index (χ0) is 10.5. The summed E-state index contributed by atoms with van der Waals surface area (Å²) in [5.41, 5.74) is 4.00. The summed E-state index contributed by atoms with van der Waals surface area (Å²) in [6.07, 6.45) is 8.40. The maximum absolute atomic E-state index is 5.65. The molecule has 0 aliphatic heterocycles. The quantitative estimate of drug-likeness (QED) is 0.587. The van der Waals surface area contributed by atoms with Crippen molar-refractivity contribution in [1.29, 1.82) is 0 Å². The smallest absolute Gasteiger partial charge is 0.0660 e. The van der Waals surface area contributed by atoms with E-state index in [2.05, 4.69) is 16.5 Å². The Kier molecular flexibility index (Phi) is 3.69. The third kappa shape index (κ3) is 2.55. The van der Waals surface area contributed by atoms with E-state index in [-0.39, 0.29) is 6.04 Å². The second-order valence-corrected chi connectivity index (χ2v) is 4.30. The number of hydrazine groups is 1. The highest BCUT2D eigenvalue weighted by Gasteiger charge is 2.24. The van der Waals surface area contributed by atoms with Gasteiger partial charge in [0.2, 0.25) is 0 Å². The van der Waals surface area contributed by atoms with Crippen LogP contribution in [0.1, 0.15) is 43.8 Å². The molecule has 3 N–H and O–H groups in total. The summed E-state index contributed by atoms with van der Waals surface area (Å²) in [6, 6.07) is 6.25. The van der Waals surface area contributed by atoms with Gasteiger partial charge in [-0.25, -0.2) is 0 Å². The lowest BCUT2D eigenvalue weighted by molar-refractivity contribution is 0.269. The molecule has 0 radical (unpaired) electrons. The Morgan fingerprint density at radius 2 is 2.07 bits per heavy atom. The Hall–Kier alpha value is -0.930.